The van der Waals surface area contributed by atoms with Crippen LogP contribution >= 0.6 is 12.2 Å². The molecule has 0 radical (unpaired) electrons. The van der Waals surface area contributed by atoms with Crippen LogP contribution in [-0.2, 0) is 17.8 Å². The van der Waals surface area contributed by atoms with E-state index in [1.54, 1.807) is 0 Å². The molecule has 178 valence electrons. The summed E-state index contributed by atoms with van der Waals surface area (Å²) in [5.41, 5.74) is 4.70. The first-order valence-corrected chi connectivity index (χ1v) is 12.0. The van der Waals surface area contributed by atoms with Crippen LogP contribution in [-0.4, -0.2) is 41.0 Å². The standard InChI is InChI=1S/C26H29N3O4S/c1-16-8-17(2)21-11-19(25(30)28-22(21)9-16)14-29(26(34)27-12-20-4-3-7-31-20)13-18-5-6-23-24(10-18)33-15-32-23/h5-6,8-11,20H,3-4,7,12-15H2,1-2H3,(H,27,34)(H,28,30). The number of aryl methyl sites for hydroxylation is 2. The van der Waals surface area contributed by atoms with Crippen LogP contribution in [0.3, 0.4) is 0 Å². The topological polar surface area (TPSA) is 75.8 Å². The van der Waals surface area contributed by atoms with Crippen LogP contribution in [0.2, 0.25) is 0 Å². The Morgan fingerprint density at radius 3 is 2.82 bits per heavy atom. The Kier molecular flexibility index (Phi) is 6.43. The molecule has 3 heterocycles. The predicted molar refractivity (Wildman–Crippen MR) is 135 cm³/mol. The second-order valence-corrected chi connectivity index (χ2v) is 9.42. The molecule has 0 aliphatic carbocycles. The minimum absolute atomic E-state index is 0.102. The monoisotopic (exact) mass is 479 g/mol. The molecule has 1 aromatic heterocycles. The summed E-state index contributed by atoms with van der Waals surface area (Å²) in [4.78, 5) is 18.1. The number of benzene rings is 2. The van der Waals surface area contributed by atoms with Gasteiger partial charge < -0.3 is 29.4 Å². The zero-order valence-corrected chi connectivity index (χ0v) is 20.3. The molecule has 0 spiro atoms. The van der Waals surface area contributed by atoms with Gasteiger partial charge in [0.25, 0.3) is 5.56 Å². The predicted octanol–water partition coefficient (Wildman–Crippen LogP) is 3.93. The van der Waals surface area contributed by atoms with Crippen LogP contribution < -0.4 is 20.3 Å². The zero-order chi connectivity index (χ0) is 23.7. The fourth-order valence-corrected chi connectivity index (χ4v) is 4.83. The van der Waals surface area contributed by atoms with E-state index in [9.17, 15) is 4.79 Å². The molecule has 1 saturated heterocycles. The molecule has 2 aliphatic rings. The van der Waals surface area contributed by atoms with E-state index >= 15 is 0 Å². The van der Waals surface area contributed by atoms with E-state index < -0.39 is 0 Å². The van der Waals surface area contributed by atoms with Gasteiger partial charge in [-0.2, -0.15) is 0 Å². The number of aromatic nitrogens is 1. The third kappa shape index (κ3) is 4.88. The third-order valence-electron chi connectivity index (χ3n) is 6.35. The molecule has 1 fully saturated rings. The van der Waals surface area contributed by atoms with E-state index in [1.807, 2.05) is 42.2 Å². The average molecular weight is 480 g/mol. The van der Waals surface area contributed by atoms with Gasteiger partial charge in [-0.1, -0.05) is 12.1 Å². The lowest BCUT2D eigenvalue weighted by molar-refractivity contribution is 0.113. The Balaban J connectivity index is 1.41. The SMILES string of the molecule is Cc1cc(C)c2cc(CN(Cc3ccc4c(c3)OCO4)C(=S)NCC3CCCO3)c(=O)[nH]c2c1. The summed E-state index contributed by atoms with van der Waals surface area (Å²) >= 11 is 5.78. The van der Waals surface area contributed by atoms with Gasteiger partial charge in [-0.05, 0) is 79.9 Å². The molecular weight excluding hydrogens is 450 g/mol. The summed E-state index contributed by atoms with van der Waals surface area (Å²) in [6.07, 6.45) is 2.27. The van der Waals surface area contributed by atoms with Crippen LogP contribution in [0, 0.1) is 13.8 Å². The first-order valence-electron chi connectivity index (χ1n) is 11.6. The van der Waals surface area contributed by atoms with Gasteiger partial charge in [0.15, 0.2) is 16.6 Å². The van der Waals surface area contributed by atoms with E-state index in [0.717, 1.165) is 58.5 Å². The summed E-state index contributed by atoms with van der Waals surface area (Å²) in [5.74, 6) is 1.47. The van der Waals surface area contributed by atoms with E-state index in [0.29, 0.717) is 30.3 Å². The fraction of sp³-hybridized carbons (Fsp3) is 0.385. The lowest BCUT2D eigenvalue weighted by atomic mass is 10.0. The van der Waals surface area contributed by atoms with Crippen molar-refractivity contribution in [3.63, 3.8) is 0 Å². The highest BCUT2D eigenvalue weighted by Gasteiger charge is 2.20. The summed E-state index contributed by atoms with van der Waals surface area (Å²) in [7, 11) is 0. The number of nitrogens with zero attached hydrogens (tertiary/aromatic N) is 1. The van der Waals surface area contributed by atoms with Crippen molar-refractivity contribution in [3.8, 4) is 11.5 Å². The molecule has 2 aliphatic heterocycles. The largest absolute Gasteiger partial charge is 0.454 e. The van der Waals surface area contributed by atoms with Gasteiger partial charge in [-0.3, -0.25) is 4.79 Å². The van der Waals surface area contributed by atoms with E-state index in [-0.39, 0.29) is 18.5 Å². The maximum absolute atomic E-state index is 13.0. The number of H-pyrrole nitrogens is 1. The number of nitrogens with one attached hydrogen (secondary N) is 2. The molecule has 2 aromatic carbocycles. The zero-order valence-electron chi connectivity index (χ0n) is 19.5. The quantitative estimate of drug-likeness (QED) is 0.519. The smallest absolute Gasteiger partial charge is 0.253 e. The van der Waals surface area contributed by atoms with E-state index in [2.05, 4.69) is 23.3 Å². The fourth-order valence-electron chi connectivity index (χ4n) is 4.62. The van der Waals surface area contributed by atoms with Gasteiger partial charge >= 0.3 is 0 Å². The lowest BCUT2D eigenvalue weighted by Crippen LogP contribution is -2.42. The lowest BCUT2D eigenvalue weighted by Gasteiger charge is -2.27. The molecule has 3 aromatic rings. The highest BCUT2D eigenvalue weighted by atomic mass is 32.1. The van der Waals surface area contributed by atoms with Gasteiger partial charge in [0.05, 0.1) is 12.6 Å². The Bertz CT molecular complexity index is 1280. The molecular formula is C26H29N3O4S. The van der Waals surface area contributed by atoms with Crippen molar-refractivity contribution < 1.29 is 14.2 Å². The minimum Gasteiger partial charge on any atom is -0.454 e. The summed E-state index contributed by atoms with van der Waals surface area (Å²) < 4.78 is 16.7. The molecule has 5 rings (SSSR count). The van der Waals surface area contributed by atoms with Gasteiger partial charge in [0, 0.05) is 36.2 Å². The number of ether oxygens (including phenoxy) is 3. The Morgan fingerprint density at radius 1 is 1.15 bits per heavy atom. The van der Waals surface area contributed by atoms with Crippen molar-refractivity contribution in [1.29, 1.82) is 0 Å². The molecule has 1 atom stereocenters. The van der Waals surface area contributed by atoms with Gasteiger partial charge in [-0.25, -0.2) is 0 Å². The minimum atomic E-state index is -0.102. The highest BCUT2D eigenvalue weighted by molar-refractivity contribution is 7.80. The van der Waals surface area contributed by atoms with Gasteiger partial charge in [0.1, 0.15) is 0 Å². The van der Waals surface area contributed by atoms with Crippen molar-refractivity contribution in [2.75, 3.05) is 19.9 Å². The van der Waals surface area contributed by atoms with Crippen molar-refractivity contribution >= 4 is 28.2 Å². The first-order chi connectivity index (χ1) is 16.5. The number of hydrogen-bond acceptors (Lipinski definition) is 5. The molecule has 0 amide bonds. The van der Waals surface area contributed by atoms with Gasteiger partial charge in [-0.15, -0.1) is 0 Å². The summed E-state index contributed by atoms with van der Waals surface area (Å²) in [6.45, 7) is 6.69. The molecule has 0 bridgehead atoms. The number of hydrogen-bond donors (Lipinski definition) is 2. The van der Waals surface area contributed by atoms with Crippen LogP contribution in [0.4, 0.5) is 0 Å². The summed E-state index contributed by atoms with van der Waals surface area (Å²) in [5, 5.41) is 4.99. The van der Waals surface area contributed by atoms with E-state index in [1.165, 1.54) is 0 Å². The maximum Gasteiger partial charge on any atom is 0.253 e. The second-order valence-electron chi connectivity index (χ2n) is 9.03. The number of rotatable bonds is 6. The normalized spacial score (nSPS) is 16.7. The summed E-state index contributed by atoms with van der Waals surface area (Å²) in [6, 6.07) is 12.0. The van der Waals surface area contributed by atoms with Crippen molar-refractivity contribution in [2.45, 2.75) is 45.9 Å². The van der Waals surface area contributed by atoms with Gasteiger partial charge in [0.2, 0.25) is 6.79 Å². The molecule has 2 N–H and O–H groups in total. The number of fused-ring (bicyclic) bond motifs is 2. The number of aromatic amines is 1. The van der Waals surface area contributed by atoms with E-state index in [4.69, 9.17) is 26.4 Å². The Hall–Kier alpha value is -3.10. The van der Waals surface area contributed by atoms with Crippen LogP contribution in [0.1, 0.15) is 35.1 Å². The van der Waals surface area contributed by atoms with Crippen LogP contribution in [0.5, 0.6) is 11.5 Å². The molecule has 34 heavy (non-hydrogen) atoms. The Labute approximate surface area is 204 Å². The van der Waals surface area contributed by atoms with Crippen molar-refractivity contribution in [3.05, 3.63) is 69.0 Å². The third-order valence-corrected chi connectivity index (χ3v) is 6.76. The maximum atomic E-state index is 13.0. The first kappa shape index (κ1) is 22.7. The van der Waals surface area contributed by atoms with Crippen LogP contribution in [0.25, 0.3) is 10.9 Å². The second kappa shape index (κ2) is 9.64. The van der Waals surface area contributed by atoms with Crippen LogP contribution in [0.15, 0.2) is 41.2 Å². The molecule has 0 saturated carbocycles. The number of pyridine rings is 1. The molecule has 8 heteroatoms. The Morgan fingerprint density at radius 2 is 2.00 bits per heavy atom. The number of thiocarbonyl (C=S) groups is 1. The average Bonchev–Trinajstić information content (AvgIpc) is 3.49. The highest BCUT2D eigenvalue weighted by Crippen LogP contribution is 2.33. The van der Waals surface area contributed by atoms with Crippen molar-refractivity contribution in [2.24, 2.45) is 0 Å². The molecule has 7 nitrogen and oxygen atoms in total. The van der Waals surface area contributed by atoms with Crippen molar-refractivity contribution in [1.82, 2.24) is 15.2 Å². The molecule has 1 unspecified atom stereocenters.